The molecule has 0 aliphatic carbocycles. The van der Waals surface area contributed by atoms with Crippen LogP contribution in [0, 0.1) is 6.92 Å². The van der Waals surface area contributed by atoms with Crippen molar-refractivity contribution in [2.75, 3.05) is 20.1 Å². The average Bonchev–Trinajstić information content (AvgIpc) is 2.89. The third kappa shape index (κ3) is 4.51. The summed E-state index contributed by atoms with van der Waals surface area (Å²) in [5, 5.41) is 3.30. The zero-order valence-electron chi connectivity index (χ0n) is 11.7. The van der Waals surface area contributed by atoms with Gasteiger partial charge in [0.2, 0.25) is 5.91 Å². The Morgan fingerprint density at radius 2 is 2.26 bits per heavy atom. The minimum absolute atomic E-state index is 0. The Bertz CT molecular complexity index is 416. The van der Waals surface area contributed by atoms with E-state index in [-0.39, 0.29) is 18.3 Å². The van der Waals surface area contributed by atoms with Gasteiger partial charge in [0.05, 0.1) is 0 Å². The van der Waals surface area contributed by atoms with Crippen LogP contribution in [0.25, 0.3) is 0 Å². The first kappa shape index (κ1) is 16.0. The fourth-order valence-electron chi connectivity index (χ4n) is 2.47. The van der Waals surface area contributed by atoms with Crippen molar-refractivity contribution in [1.29, 1.82) is 0 Å². The Hall–Kier alpha value is -1.06. The van der Waals surface area contributed by atoms with E-state index in [9.17, 15) is 4.79 Å². The summed E-state index contributed by atoms with van der Waals surface area (Å²) in [6, 6.07) is 8.78. The van der Waals surface area contributed by atoms with E-state index in [0.717, 1.165) is 25.9 Å². The van der Waals surface area contributed by atoms with Crippen LogP contribution < -0.4 is 5.32 Å². The van der Waals surface area contributed by atoms with Crippen LogP contribution in [-0.2, 0) is 11.2 Å². The highest BCUT2D eigenvalue weighted by Gasteiger charge is 2.22. The number of halogens is 1. The first-order chi connectivity index (χ1) is 8.66. The molecule has 1 saturated heterocycles. The van der Waals surface area contributed by atoms with Gasteiger partial charge in [0.25, 0.3) is 0 Å². The zero-order valence-corrected chi connectivity index (χ0v) is 12.5. The number of nitrogens with zero attached hydrogens (tertiary/aromatic N) is 1. The maximum absolute atomic E-state index is 12.1. The molecule has 1 N–H and O–H groups in total. The van der Waals surface area contributed by atoms with Crippen molar-refractivity contribution >= 4 is 18.3 Å². The number of hydrogen-bond acceptors (Lipinski definition) is 2. The predicted octanol–water partition coefficient (Wildman–Crippen LogP) is 2.17. The third-order valence-corrected chi connectivity index (χ3v) is 3.69. The van der Waals surface area contributed by atoms with E-state index < -0.39 is 0 Å². The van der Waals surface area contributed by atoms with Crippen molar-refractivity contribution in [3.63, 3.8) is 0 Å². The minimum Gasteiger partial charge on any atom is -0.341 e. The maximum atomic E-state index is 12.1. The van der Waals surface area contributed by atoms with Gasteiger partial charge < -0.3 is 10.2 Å². The molecule has 0 spiro atoms. The lowest BCUT2D eigenvalue weighted by Gasteiger charge is -2.23. The number of likely N-dealkylation sites (N-methyl/N-ethyl adjacent to an activating group) is 1. The van der Waals surface area contributed by atoms with E-state index in [4.69, 9.17) is 0 Å². The molecule has 1 aromatic rings. The molecule has 0 bridgehead atoms. The van der Waals surface area contributed by atoms with Gasteiger partial charge in [-0.3, -0.25) is 4.79 Å². The molecule has 3 nitrogen and oxygen atoms in total. The first-order valence-electron chi connectivity index (χ1n) is 6.69. The molecular weight excluding hydrogens is 260 g/mol. The van der Waals surface area contributed by atoms with Crippen LogP contribution >= 0.6 is 12.4 Å². The molecule has 1 aliphatic rings. The monoisotopic (exact) mass is 282 g/mol. The summed E-state index contributed by atoms with van der Waals surface area (Å²) < 4.78 is 0. The van der Waals surface area contributed by atoms with Crippen molar-refractivity contribution < 1.29 is 4.79 Å². The summed E-state index contributed by atoms with van der Waals surface area (Å²) in [5.74, 6) is 0.255. The largest absolute Gasteiger partial charge is 0.341 e. The van der Waals surface area contributed by atoms with Crippen LogP contribution in [0.15, 0.2) is 24.3 Å². The Morgan fingerprint density at radius 3 is 2.89 bits per heavy atom. The summed E-state index contributed by atoms with van der Waals surface area (Å²) in [6.07, 6.45) is 2.52. The molecule has 1 fully saturated rings. The van der Waals surface area contributed by atoms with Gasteiger partial charge in [0.15, 0.2) is 0 Å². The molecule has 2 rings (SSSR count). The van der Waals surface area contributed by atoms with E-state index in [2.05, 4.69) is 36.5 Å². The van der Waals surface area contributed by atoms with Gasteiger partial charge in [-0.05, 0) is 31.9 Å². The second-order valence-electron chi connectivity index (χ2n) is 5.14. The molecule has 1 aliphatic heterocycles. The van der Waals surface area contributed by atoms with Crippen LogP contribution in [0.5, 0.6) is 0 Å². The number of nitrogens with one attached hydrogen (secondary N) is 1. The predicted molar refractivity (Wildman–Crippen MR) is 80.8 cm³/mol. The molecule has 0 aromatic heterocycles. The lowest BCUT2D eigenvalue weighted by molar-refractivity contribution is -0.131. The first-order valence-corrected chi connectivity index (χ1v) is 6.69. The Balaban J connectivity index is 0.00000180. The SMILES string of the molecule is Cc1cccc(CCC(=O)N(C)C2CCNC2)c1.Cl. The van der Waals surface area contributed by atoms with Crippen LogP contribution in [0.4, 0.5) is 0 Å². The van der Waals surface area contributed by atoms with Crippen LogP contribution in [0.2, 0.25) is 0 Å². The highest BCUT2D eigenvalue weighted by atomic mass is 35.5. The highest BCUT2D eigenvalue weighted by molar-refractivity contribution is 5.85. The summed E-state index contributed by atoms with van der Waals surface area (Å²) >= 11 is 0. The lowest BCUT2D eigenvalue weighted by Crippen LogP contribution is -2.38. The molecule has 1 atom stereocenters. The van der Waals surface area contributed by atoms with E-state index >= 15 is 0 Å². The second kappa shape index (κ2) is 7.51. The highest BCUT2D eigenvalue weighted by Crippen LogP contribution is 2.11. The molecule has 0 radical (unpaired) electrons. The quantitative estimate of drug-likeness (QED) is 0.918. The van der Waals surface area contributed by atoms with Gasteiger partial charge in [-0.25, -0.2) is 0 Å². The molecule has 106 valence electrons. The number of amides is 1. The van der Waals surface area contributed by atoms with Crippen molar-refractivity contribution in [3.8, 4) is 0 Å². The number of hydrogen-bond donors (Lipinski definition) is 1. The average molecular weight is 283 g/mol. The van der Waals surface area contributed by atoms with Crippen LogP contribution in [-0.4, -0.2) is 37.0 Å². The lowest BCUT2D eigenvalue weighted by atomic mass is 10.1. The standard InChI is InChI=1S/C15H22N2O.ClH/c1-12-4-3-5-13(10-12)6-7-15(18)17(2)14-8-9-16-11-14;/h3-5,10,14,16H,6-9,11H2,1-2H3;1H. The topological polar surface area (TPSA) is 32.3 Å². The van der Waals surface area contributed by atoms with E-state index in [1.807, 2.05) is 11.9 Å². The van der Waals surface area contributed by atoms with Crippen molar-refractivity contribution in [2.24, 2.45) is 0 Å². The Kier molecular flexibility index (Phi) is 6.32. The summed E-state index contributed by atoms with van der Waals surface area (Å²) in [4.78, 5) is 14.0. The number of carbonyl (C=O) groups is 1. The van der Waals surface area contributed by atoms with Gasteiger partial charge in [-0.15, -0.1) is 12.4 Å². The molecule has 1 heterocycles. The van der Waals surface area contributed by atoms with Crippen molar-refractivity contribution in [2.45, 2.75) is 32.2 Å². The molecular formula is C15H23ClN2O. The normalized spacial score (nSPS) is 17.9. The van der Waals surface area contributed by atoms with Gasteiger partial charge >= 0.3 is 0 Å². The van der Waals surface area contributed by atoms with Gasteiger partial charge in [0.1, 0.15) is 0 Å². The van der Waals surface area contributed by atoms with E-state index in [0.29, 0.717) is 12.5 Å². The maximum Gasteiger partial charge on any atom is 0.222 e. The smallest absolute Gasteiger partial charge is 0.222 e. The second-order valence-corrected chi connectivity index (χ2v) is 5.14. The van der Waals surface area contributed by atoms with Gasteiger partial charge in [-0.2, -0.15) is 0 Å². The summed E-state index contributed by atoms with van der Waals surface area (Å²) in [6.45, 7) is 4.05. The fourth-order valence-corrected chi connectivity index (χ4v) is 2.47. The van der Waals surface area contributed by atoms with E-state index in [1.54, 1.807) is 0 Å². The number of rotatable bonds is 4. The molecule has 1 amide bonds. The number of carbonyl (C=O) groups excluding carboxylic acids is 1. The molecule has 1 unspecified atom stereocenters. The molecule has 0 saturated carbocycles. The van der Waals surface area contributed by atoms with Crippen molar-refractivity contribution in [3.05, 3.63) is 35.4 Å². The third-order valence-electron chi connectivity index (χ3n) is 3.69. The van der Waals surface area contributed by atoms with Gasteiger partial charge in [-0.1, -0.05) is 29.8 Å². The zero-order chi connectivity index (χ0) is 13.0. The summed E-state index contributed by atoms with van der Waals surface area (Å²) in [5.41, 5.74) is 2.51. The number of aryl methyl sites for hydroxylation is 2. The molecule has 1 aromatic carbocycles. The summed E-state index contributed by atoms with van der Waals surface area (Å²) in [7, 11) is 1.93. The fraction of sp³-hybridized carbons (Fsp3) is 0.533. The molecule has 4 heteroatoms. The Labute approximate surface area is 121 Å². The molecule has 19 heavy (non-hydrogen) atoms. The van der Waals surface area contributed by atoms with Gasteiger partial charge in [0, 0.05) is 26.1 Å². The number of benzene rings is 1. The minimum atomic E-state index is 0. The Morgan fingerprint density at radius 1 is 1.47 bits per heavy atom. The van der Waals surface area contributed by atoms with E-state index in [1.165, 1.54) is 11.1 Å². The van der Waals surface area contributed by atoms with Crippen LogP contribution in [0.1, 0.15) is 24.0 Å². The van der Waals surface area contributed by atoms with Crippen molar-refractivity contribution in [1.82, 2.24) is 10.2 Å². The van der Waals surface area contributed by atoms with Crippen LogP contribution in [0.3, 0.4) is 0 Å².